The van der Waals surface area contributed by atoms with Gasteiger partial charge < -0.3 is 5.32 Å². The number of para-hydroxylation sites is 2. The van der Waals surface area contributed by atoms with Gasteiger partial charge in [0.2, 0.25) is 5.78 Å². The monoisotopic (exact) mass is 292 g/mol. The quantitative estimate of drug-likeness (QED) is 0.612. The van der Waals surface area contributed by atoms with E-state index in [1.165, 1.54) is 6.07 Å². The van der Waals surface area contributed by atoms with Crippen LogP contribution < -0.4 is 5.32 Å². The standard InChI is InChI=1S/C17H13FN4/c1-19-14-7-6-11(10-12(14)18)13-8-9-22-16-5-3-2-4-15(16)21-17(22)20-13/h2-10,19H,1H3. The summed E-state index contributed by atoms with van der Waals surface area (Å²) in [4.78, 5) is 9.05. The van der Waals surface area contributed by atoms with Gasteiger partial charge in [-0.1, -0.05) is 18.2 Å². The Balaban J connectivity index is 1.89. The average molecular weight is 292 g/mol. The Morgan fingerprint density at radius 1 is 1.05 bits per heavy atom. The molecule has 0 radical (unpaired) electrons. The fraction of sp³-hybridized carbons (Fsp3) is 0.0588. The summed E-state index contributed by atoms with van der Waals surface area (Å²) in [6.45, 7) is 0. The fourth-order valence-corrected chi connectivity index (χ4v) is 2.59. The SMILES string of the molecule is CNc1ccc(-c2ccn3c(n2)nc2ccccc23)cc1F. The number of hydrogen-bond donors (Lipinski definition) is 1. The van der Waals surface area contributed by atoms with Crippen molar-refractivity contribution in [2.24, 2.45) is 0 Å². The number of nitrogens with one attached hydrogen (secondary N) is 1. The summed E-state index contributed by atoms with van der Waals surface area (Å²) in [5, 5.41) is 2.81. The Bertz CT molecular complexity index is 990. The zero-order valence-electron chi connectivity index (χ0n) is 11.9. The van der Waals surface area contributed by atoms with Crippen LogP contribution in [0.3, 0.4) is 0 Å². The Morgan fingerprint density at radius 2 is 1.91 bits per heavy atom. The third-order valence-corrected chi connectivity index (χ3v) is 3.71. The summed E-state index contributed by atoms with van der Waals surface area (Å²) < 4.78 is 15.8. The van der Waals surface area contributed by atoms with Crippen LogP contribution in [0, 0.1) is 5.82 Å². The molecule has 2 aromatic carbocycles. The van der Waals surface area contributed by atoms with Gasteiger partial charge in [0, 0.05) is 18.8 Å². The van der Waals surface area contributed by atoms with E-state index in [0.717, 1.165) is 16.6 Å². The van der Waals surface area contributed by atoms with E-state index in [2.05, 4.69) is 15.3 Å². The molecule has 0 unspecified atom stereocenters. The minimum atomic E-state index is -0.296. The molecule has 2 heterocycles. The summed E-state index contributed by atoms with van der Waals surface area (Å²) in [5.74, 6) is 0.312. The molecule has 0 atom stereocenters. The van der Waals surface area contributed by atoms with Gasteiger partial charge in [-0.15, -0.1) is 0 Å². The van der Waals surface area contributed by atoms with Crippen molar-refractivity contribution in [1.82, 2.24) is 14.4 Å². The van der Waals surface area contributed by atoms with Crippen LogP contribution in [0.15, 0.2) is 54.7 Å². The van der Waals surface area contributed by atoms with Crippen LogP contribution >= 0.6 is 0 Å². The molecule has 0 aliphatic heterocycles. The van der Waals surface area contributed by atoms with Crippen molar-refractivity contribution in [2.45, 2.75) is 0 Å². The molecule has 1 N–H and O–H groups in total. The lowest BCUT2D eigenvalue weighted by atomic mass is 10.1. The summed E-state index contributed by atoms with van der Waals surface area (Å²) >= 11 is 0. The average Bonchev–Trinajstić information content (AvgIpc) is 2.92. The maximum absolute atomic E-state index is 13.9. The van der Waals surface area contributed by atoms with E-state index in [4.69, 9.17) is 0 Å². The second-order valence-electron chi connectivity index (χ2n) is 5.03. The molecule has 4 nitrogen and oxygen atoms in total. The molecule has 108 valence electrons. The highest BCUT2D eigenvalue weighted by atomic mass is 19.1. The zero-order valence-corrected chi connectivity index (χ0v) is 11.9. The van der Waals surface area contributed by atoms with Crippen molar-refractivity contribution in [2.75, 3.05) is 12.4 Å². The third-order valence-electron chi connectivity index (χ3n) is 3.71. The highest BCUT2D eigenvalue weighted by Gasteiger charge is 2.09. The summed E-state index contributed by atoms with van der Waals surface area (Å²) in [5.41, 5.74) is 3.80. The van der Waals surface area contributed by atoms with Gasteiger partial charge in [0.15, 0.2) is 0 Å². The molecule has 0 saturated heterocycles. The molecule has 5 heteroatoms. The highest BCUT2D eigenvalue weighted by Crippen LogP contribution is 2.24. The van der Waals surface area contributed by atoms with Gasteiger partial charge in [-0.05, 0) is 30.3 Å². The van der Waals surface area contributed by atoms with Crippen molar-refractivity contribution < 1.29 is 4.39 Å². The van der Waals surface area contributed by atoms with Gasteiger partial charge in [-0.25, -0.2) is 14.4 Å². The van der Waals surface area contributed by atoms with Crippen LogP contribution in [0.5, 0.6) is 0 Å². The lowest BCUT2D eigenvalue weighted by Gasteiger charge is -2.05. The first-order valence-electron chi connectivity index (χ1n) is 6.98. The second kappa shape index (κ2) is 4.80. The molecule has 4 rings (SSSR count). The van der Waals surface area contributed by atoms with E-state index in [1.54, 1.807) is 13.1 Å². The summed E-state index contributed by atoms with van der Waals surface area (Å²) in [6.07, 6.45) is 1.91. The van der Waals surface area contributed by atoms with E-state index in [-0.39, 0.29) is 5.82 Å². The van der Waals surface area contributed by atoms with Gasteiger partial charge in [0.1, 0.15) is 5.82 Å². The van der Waals surface area contributed by atoms with Gasteiger partial charge in [-0.3, -0.25) is 4.40 Å². The van der Waals surface area contributed by atoms with Crippen molar-refractivity contribution in [3.05, 3.63) is 60.5 Å². The van der Waals surface area contributed by atoms with Crippen molar-refractivity contribution in [1.29, 1.82) is 0 Å². The number of hydrogen-bond acceptors (Lipinski definition) is 3. The molecular weight excluding hydrogens is 279 g/mol. The number of fused-ring (bicyclic) bond motifs is 3. The van der Waals surface area contributed by atoms with E-state index < -0.39 is 0 Å². The summed E-state index contributed by atoms with van der Waals surface area (Å²) in [6, 6.07) is 14.8. The van der Waals surface area contributed by atoms with E-state index >= 15 is 0 Å². The molecule has 0 amide bonds. The Labute approximate surface area is 126 Å². The number of nitrogens with zero attached hydrogens (tertiary/aromatic N) is 3. The molecule has 0 aliphatic carbocycles. The second-order valence-corrected chi connectivity index (χ2v) is 5.03. The Hall–Kier alpha value is -2.95. The van der Waals surface area contributed by atoms with Crippen LogP contribution in [-0.4, -0.2) is 21.4 Å². The largest absolute Gasteiger partial charge is 0.386 e. The molecular formula is C17H13FN4. The number of imidazole rings is 1. The van der Waals surface area contributed by atoms with E-state index in [0.29, 0.717) is 17.2 Å². The Kier molecular flexibility index (Phi) is 2.79. The predicted molar refractivity (Wildman–Crippen MR) is 85.4 cm³/mol. The third kappa shape index (κ3) is 1.90. The van der Waals surface area contributed by atoms with Gasteiger partial charge in [-0.2, -0.15) is 0 Å². The van der Waals surface area contributed by atoms with Crippen LogP contribution in [0.1, 0.15) is 0 Å². The van der Waals surface area contributed by atoms with Crippen LogP contribution in [-0.2, 0) is 0 Å². The minimum Gasteiger partial charge on any atom is -0.386 e. The minimum absolute atomic E-state index is 0.296. The predicted octanol–water partition coefficient (Wildman–Crippen LogP) is 3.73. The number of benzene rings is 2. The number of anilines is 1. The molecule has 4 aromatic rings. The van der Waals surface area contributed by atoms with Crippen molar-refractivity contribution >= 4 is 22.5 Å². The normalized spacial score (nSPS) is 11.2. The number of aromatic nitrogens is 3. The van der Waals surface area contributed by atoms with Crippen LogP contribution in [0.4, 0.5) is 10.1 Å². The Morgan fingerprint density at radius 3 is 2.73 bits per heavy atom. The van der Waals surface area contributed by atoms with Crippen LogP contribution in [0.25, 0.3) is 28.1 Å². The smallest absolute Gasteiger partial charge is 0.235 e. The molecule has 0 saturated carbocycles. The molecule has 0 spiro atoms. The molecule has 2 aromatic heterocycles. The number of halogens is 1. The lowest BCUT2D eigenvalue weighted by molar-refractivity contribution is 0.632. The molecule has 0 fully saturated rings. The first-order valence-corrected chi connectivity index (χ1v) is 6.98. The van der Waals surface area contributed by atoms with E-state index in [9.17, 15) is 4.39 Å². The van der Waals surface area contributed by atoms with Crippen LogP contribution in [0.2, 0.25) is 0 Å². The lowest BCUT2D eigenvalue weighted by Crippen LogP contribution is -1.95. The highest BCUT2D eigenvalue weighted by molar-refractivity contribution is 5.80. The number of rotatable bonds is 2. The van der Waals surface area contributed by atoms with Crippen molar-refractivity contribution in [3.63, 3.8) is 0 Å². The first-order chi connectivity index (χ1) is 10.8. The topological polar surface area (TPSA) is 42.2 Å². The maximum Gasteiger partial charge on any atom is 0.235 e. The zero-order chi connectivity index (χ0) is 15.1. The van der Waals surface area contributed by atoms with Gasteiger partial charge >= 0.3 is 0 Å². The summed E-state index contributed by atoms with van der Waals surface area (Å²) in [7, 11) is 1.69. The first kappa shape index (κ1) is 12.8. The van der Waals surface area contributed by atoms with E-state index in [1.807, 2.05) is 47.0 Å². The van der Waals surface area contributed by atoms with Gasteiger partial charge in [0.05, 0.1) is 22.4 Å². The fourth-order valence-electron chi connectivity index (χ4n) is 2.59. The molecule has 0 aliphatic rings. The van der Waals surface area contributed by atoms with Gasteiger partial charge in [0.25, 0.3) is 0 Å². The molecule has 0 bridgehead atoms. The molecule has 22 heavy (non-hydrogen) atoms. The maximum atomic E-state index is 13.9. The van der Waals surface area contributed by atoms with Crippen molar-refractivity contribution in [3.8, 4) is 11.3 Å².